The van der Waals surface area contributed by atoms with E-state index in [-0.39, 0.29) is 5.56 Å². The van der Waals surface area contributed by atoms with Gasteiger partial charge in [0.2, 0.25) is 0 Å². The van der Waals surface area contributed by atoms with Gasteiger partial charge in [-0.1, -0.05) is 11.6 Å². The summed E-state index contributed by atoms with van der Waals surface area (Å²) in [5.41, 5.74) is 7.77. The van der Waals surface area contributed by atoms with Crippen LogP contribution >= 0.6 is 27.5 Å². The Hall–Kier alpha value is -1.72. The number of nitrogens with two attached hydrogens (primary N) is 1. The first-order chi connectivity index (χ1) is 8.97. The van der Waals surface area contributed by atoms with Gasteiger partial charge in [0.1, 0.15) is 0 Å². The van der Waals surface area contributed by atoms with Crippen molar-refractivity contribution in [3.8, 4) is 0 Å². The first-order valence-electron chi connectivity index (χ1n) is 5.32. The van der Waals surface area contributed by atoms with Crippen LogP contribution in [-0.2, 0) is 0 Å². The van der Waals surface area contributed by atoms with Crippen molar-refractivity contribution in [1.29, 1.82) is 0 Å². The lowest BCUT2D eigenvalue weighted by atomic mass is 10.1. The average Bonchev–Trinajstić information content (AvgIpc) is 2.36. The minimum absolute atomic E-state index is 0.153. The second-order valence-corrected chi connectivity index (χ2v) is 5.12. The monoisotopic (exact) mass is 340 g/mol. The molecule has 19 heavy (non-hydrogen) atoms. The molecule has 2 aromatic carbocycles. The summed E-state index contributed by atoms with van der Waals surface area (Å²) < 4.78 is 0.764. The molecular formula is C13H10BrClN2O2. The standard InChI is InChI=1S/C13H10BrClN2O2/c14-9-6-8(2-3-10(9)15)17-12-4-1-7(13(18)19)5-11(12)16/h1-6,17H,16H2,(H,18,19). The Balaban J connectivity index is 2.28. The molecule has 0 aliphatic carbocycles. The minimum atomic E-state index is -1.01. The molecule has 0 aliphatic heterocycles. The van der Waals surface area contributed by atoms with Crippen molar-refractivity contribution in [2.24, 2.45) is 0 Å². The van der Waals surface area contributed by atoms with Gasteiger partial charge in [-0.3, -0.25) is 0 Å². The Labute approximate surface area is 123 Å². The topological polar surface area (TPSA) is 75.4 Å². The zero-order valence-corrected chi connectivity index (χ0v) is 12.0. The van der Waals surface area contributed by atoms with Gasteiger partial charge in [-0.15, -0.1) is 0 Å². The summed E-state index contributed by atoms with van der Waals surface area (Å²) in [7, 11) is 0. The number of hydrogen-bond donors (Lipinski definition) is 3. The molecular weight excluding hydrogens is 332 g/mol. The number of halogens is 2. The highest BCUT2D eigenvalue weighted by molar-refractivity contribution is 9.10. The number of rotatable bonds is 3. The quantitative estimate of drug-likeness (QED) is 0.734. The van der Waals surface area contributed by atoms with Gasteiger partial charge in [-0.25, -0.2) is 4.79 Å². The third-order valence-electron chi connectivity index (χ3n) is 2.50. The van der Waals surface area contributed by atoms with Gasteiger partial charge in [-0.2, -0.15) is 0 Å². The Bertz CT molecular complexity index is 647. The minimum Gasteiger partial charge on any atom is -0.478 e. The number of aromatic carboxylic acids is 1. The van der Waals surface area contributed by atoms with Crippen LogP contribution in [0.1, 0.15) is 10.4 Å². The molecule has 98 valence electrons. The summed E-state index contributed by atoms with van der Waals surface area (Å²) in [6.07, 6.45) is 0. The van der Waals surface area contributed by atoms with Crippen LogP contribution in [0.2, 0.25) is 5.02 Å². The predicted molar refractivity (Wildman–Crippen MR) is 80.2 cm³/mol. The van der Waals surface area contributed by atoms with Crippen molar-refractivity contribution in [2.75, 3.05) is 11.1 Å². The normalized spacial score (nSPS) is 10.2. The van der Waals surface area contributed by atoms with Crippen molar-refractivity contribution in [3.05, 3.63) is 51.5 Å². The van der Waals surface area contributed by atoms with Gasteiger partial charge in [0.25, 0.3) is 0 Å². The van der Waals surface area contributed by atoms with Gasteiger partial charge >= 0.3 is 5.97 Å². The lowest BCUT2D eigenvalue weighted by Gasteiger charge is -2.10. The summed E-state index contributed by atoms with van der Waals surface area (Å²) in [5, 5.41) is 12.6. The number of carbonyl (C=O) groups is 1. The van der Waals surface area contributed by atoms with Gasteiger partial charge in [-0.05, 0) is 52.3 Å². The van der Waals surface area contributed by atoms with Gasteiger partial charge < -0.3 is 16.2 Å². The van der Waals surface area contributed by atoms with E-state index in [1.54, 1.807) is 18.2 Å². The molecule has 0 fully saturated rings. The number of anilines is 3. The SMILES string of the molecule is Nc1cc(C(=O)O)ccc1Nc1ccc(Cl)c(Br)c1. The molecule has 0 bridgehead atoms. The highest BCUT2D eigenvalue weighted by atomic mass is 79.9. The fourth-order valence-electron chi connectivity index (χ4n) is 1.54. The highest BCUT2D eigenvalue weighted by Gasteiger charge is 2.07. The van der Waals surface area contributed by atoms with Crippen LogP contribution in [0, 0.1) is 0 Å². The molecule has 0 saturated carbocycles. The maximum Gasteiger partial charge on any atom is 0.335 e. The Morgan fingerprint density at radius 3 is 2.58 bits per heavy atom. The lowest BCUT2D eigenvalue weighted by molar-refractivity contribution is 0.0697. The largest absolute Gasteiger partial charge is 0.478 e. The molecule has 2 rings (SSSR count). The molecule has 2 aromatic rings. The molecule has 4 N–H and O–H groups in total. The Kier molecular flexibility index (Phi) is 3.97. The van der Waals surface area contributed by atoms with E-state index in [0.717, 1.165) is 10.2 Å². The van der Waals surface area contributed by atoms with Crippen molar-refractivity contribution >= 4 is 50.6 Å². The Morgan fingerprint density at radius 1 is 1.26 bits per heavy atom. The number of carboxylic acid groups (broad SMARTS) is 1. The predicted octanol–water partition coefficient (Wildman–Crippen LogP) is 4.13. The van der Waals surface area contributed by atoms with E-state index in [1.165, 1.54) is 12.1 Å². The van der Waals surface area contributed by atoms with E-state index in [0.29, 0.717) is 16.4 Å². The molecule has 0 saturated heterocycles. The lowest BCUT2D eigenvalue weighted by Crippen LogP contribution is -2.01. The molecule has 6 heteroatoms. The second kappa shape index (κ2) is 5.50. The molecule has 0 aromatic heterocycles. The van der Waals surface area contributed by atoms with Crippen LogP contribution in [0.3, 0.4) is 0 Å². The van der Waals surface area contributed by atoms with E-state index in [1.807, 2.05) is 6.07 Å². The van der Waals surface area contributed by atoms with Crippen LogP contribution in [-0.4, -0.2) is 11.1 Å². The molecule has 0 spiro atoms. The smallest absolute Gasteiger partial charge is 0.335 e. The van der Waals surface area contributed by atoms with Crippen LogP contribution < -0.4 is 11.1 Å². The van der Waals surface area contributed by atoms with Gasteiger partial charge in [0.15, 0.2) is 0 Å². The van der Waals surface area contributed by atoms with Crippen molar-refractivity contribution in [3.63, 3.8) is 0 Å². The fourth-order valence-corrected chi connectivity index (χ4v) is 2.04. The van der Waals surface area contributed by atoms with Crippen LogP contribution in [0.5, 0.6) is 0 Å². The summed E-state index contributed by atoms with van der Waals surface area (Å²) in [5.74, 6) is -1.01. The van der Waals surface area contributed by atoms with E-state index >= 15 is 0 Å². The number of benzene rings is 2. The van der Waals surface area contributed by atoms with Crippen LogP contribution in [0.25, 0.3) is 0 Å². The number of nitrogens with one attached hydrogen (secondary N) is 1. The second-order valence-electron chi connectivity index (χ2n) is 3.86. The van der Waals surface area contributed by atoms with Crippen molar-refractivity contribution in [1.82, 2.24) is 0 Å². The van der Waals surface area contributed by atoms with Gasteiger partial charge in [0, 0.05) is 10.2 Å². The molecule has 0 aliphatic rings. The first kappa shape index (κ1) is 13.7. The molecule has 0 atom stereocenters. The third-order valence-corrected chi connectivity index (χ3v) is 3.71. The molecule has 0 unspecified atom stereocenters. The summed E-state index contributed by atoms with van der Waals surface area (Å²) >= 11 is 9.23. The molecule has 0 heterocycles. The van der Waals surface area contributed by atoms with E-state index in [4.69, 9.17) is 22.4 Å². The van der Waals surface area contributed by atoms with Crippen LogP contribution in [0.4, 0.5) is 17.1 Å². The third kappa shape index (κ3) is 3.19. The number of carboxylic acids is 1. The maximum atomic E-state index is 10.8. The average molecular weight is 342 g/mol. The zero-order valence-electron chi connectivity index (χ0n) is 9.65. The zero-order chi connectivity index (χ0) is 14.0. The van der Waals surface area contributed by atoms with E-state index < -0.39 is 5.97 Å². The maximum absolute atomic E-state index is 10.8. The molecule has 0 amide bonds. The molecule has 4 nitrogen and oxygen atoms in total. The first-order valence-corrected chi connectivity index (χ1v) is 6.49. The summed E-state index contributed by atoms with van der Waals surface area (Å²) in [4.78, 5) is 10.8. The van der Waals surface area contributed by atoms with Crippen molar-refractivity contribution in [2.45, 2.75) is 0 Å². The summed E-state index contributed by atoms with van der Waals surface area (Å²) in [6.45, 7) is 0. The van der Waals surface area contributed by atoms with E-state index in [2.05, 4.69) is 21.2 Å². The number of nitrogen functional groups attached to an aromatic ring is 1. The van der Waals surface area contributed by atoms with Crippen molar-refractivity contribution < 1.29 is 9.90 Å². The van der Waals surface area contributed by atoms with Crippen LogP contribution in [0.15, 0.2) is 40.9 Å². The Morgan fingerprint density at radius 2 is 2.00 bits per heavy atom. The molecule has 0 radical (unpaired) electrons. The van der Waals surface area contributed by atoms with Gasteiger partial charge in [0.05, 0.1) is 22.0 Å². The van der Waals surface area contributed by atoms with E-state index in [9.17, 15) is 4.79 Å². The summed E-state index contributed by atoms with van der Waals surface area (Å²) in [6, 6.07) is 9.89. The number of hydrogen-bond acceptors (Lipinski definition) is 3. The highest BCUT2D eigenvalue weighted by Crippen LogP contribution is 2.29. The fraction of sp³-hybridized carbons (Fsp3) is 0.